The Morgan fingerprint density at radius 1 is 1.20 bits per heavy atom. The molecule has 4 nitrogen and oxygen atoms in total. The van der Waals surface area contributed by atoms with E-state index >= 15 is 0 Å². The molecular weight excluding hydrogens is 357 g/mol. The number of halogens is 2. The molecule has 0 saturated carbocycles. The molecule has 2 heterocycles. The monoisotopic (exact) mass is 381 g/mol. The number of aryl methyl sites for hydroxylation is 1. The van der Waals surface area contributed by atoms with Gasteiger partial charge in [-0.15, -0.1) is 24.8 Å². The summed E-state index contributed by atoms with van der Waals surface area (Å²) in [6.07, 6.45) is 0.962. The van der Waals surface area contributed by atoms with Crippen molar-refractivity contribution in [3.05, 3.63) is 53.7 Å². The Balaban J connectivity index is 0.00000156. The number of carbonyl (C=O) groups excluding carboxylic acids is 1. The number of pyridine rings is 1. The molecular formula is C19H25Cl2N3O. The van der Waals surface area contributed by atoms with E-state index < -0.39 is 0 Å². The molecule has 1 aromatic heterocycles. The highest BCUT2D eigenvalue weighted by Gasteiger charge is 2.35. The zero-order valence-electron chi connectivity index (χ0n) is 14.6. The molecule has 6 heteroatoms. The first-order valence-electron chi connectivity index (χ1n) is 8.05. The summed E-state index contributed by atoms with van der Waals surface area (Å²) in [5.41, 5.74) is 9.30. The van der Waals surface area contributed by atoms with Gasteiger partial charge in [-0.2, -0.15) is 0 Å². The van der Waals surface area contributed by atoms with E-state index in [0.29, 0.717) is 12.1 Å². The van der Waals surface area contributed by atoms with Crippen LogP contribution in [0.2, 0.25) is 0 Å². The zero-order chi connectivity index (χ0) is 16.4. The molecule has 0 aliphatic carbocycles. The highest BCUT2D eigenvalue weighted by Crippen LogP contribution is 2.30. The molecule has 0 spiro atoms. The molecule has 1 atom stereocenters. The minimum Gasteiger partial charge on any atom is -0.338 e. The summed E-state index contributed by atoms with van der Waals surface area (Å²) in [5, 5.41) is 0. The largest absolute Gasteiger partial charge is 0.338 e. The fourth-order valence-electron chi connectivity index (χ4n) is 3.09. The average molecular weight is 382 g/mol. The lowest BCUT2D eigenvalue weighted by molar-refractivity contribution is 0.0775. The first kappa shape index (κ1) is 21.4. The minimum atomic E-state index is 0. The van der Waals surface area contributed by atoms with E-state index in [-0.39, 0.29) is 36.1 Å². The third-order valence-electron chi connectivity index (χ3n) is 4.72. The molecule has 1 unspecified atom stereocenters. The number of benzene rings is 1. The molecule has 1 aromatic carbocycles. The fourth-order valence-corrected chi connectivity index (χ4v) is 3.09. The molecule has 136 valence electrons. The number of nitrogens with two attached hydrogens (primary N) is 1. The number of rotatable bonds is 3. The predicted octanol–water partition coefficient (Wildman–Crippen LogP) is 3.71. The molecule has 1 fully saturated rings. The van der Waals surface area contributed by atoms with E-state index in [1.807, 2.05) is 54.3 Å². The van der Waals surface area contributed by atoms with Crippen LogP contribution >= 0.6 is 24.8 Å². The van der Waals surface area contributed by atoms with Gasteiger partial charge in [-0.1, -0.05) is 37.3 Å². The number of nitrogens with zero attached hydrogens (tertiary/aromatic N) is 2. The molecule has 1 aliphatic rings. The van der Waals surface area contributed by atoms with E-state index in [1.54, 1.807) is 0 Å². The smallest absolute Gasteiger partial charge is 0.255 e. The summed E-state index contributed by atoms with van der Waals surface area (Å²) in [5.74, 6) is 0.0618. The van der Waals surface area contributed by atoms with Crippen molar-refractivity contribution in [2.45, 2.75) is 20.3 Å². The van der Waals surface area contributed by atoms with Crippen molar-refractivity contribution in [3.8, 4) is 11.3 Å². The quantitative estimate of drug-likeness (QED) is 0.881. The first-order chi connectivity index (χ1) is 11.0. The van der Waals surface area contributed by atoms with E-state index in [4.69, 9.17) is 5.73 Å². The maximum absolute atomic E-state index is 12.8. The maximum Gasteiger partial charge on any atom is 0.255 e. The minimum absolute atomic E-state index is 0. The highest BCUT2D eigenvalue weighted by molar-refractivity contribution is 5.95. The van der Waals surface area contributed by atoms with Crippen LogP contribution in [0.4, 0.5) is 0 Å². The van der Waals surface area contributed by atoms with Crippen LogP contribution < -0.4 is 5.73 Å². The van der Waals surface area contributed by atoms with E-state index in [0.717, 1.165) is 36.5 Å². The number of hydrogen-bond donors (Lipinski definition) is 1. The molecule has 2 aromatic rings. The lowest BCUT2D eigenvalue weighted by Gasteiger charge is -2.23. The van der Waals surface area contributed by atoms with Gasteiger partial charge < -0.3 is 10.6 Å². The Kier molecular flexibility index (Phi) is 7.42. The van der Waals surface area contributed by atoms with Crippen LogP contribution in [0.1, 0.15) is 29.4 Å². The van der Waals surface area contributed by atoms with Crippen LogP contribution in [0, 0.1) is 12.3 Å². The number of hydrogen-bond acceptors (Lipinski definition) is 3. The number of likely N-dealkylation sites (tertiary alicyclic amines) is 1. The van der Waals surface area contributed by atoms with Crippen molar-refractivity contribution < 1.29 is 4.79 Å². The van der Waals surface area contributed by atoms with Gasteiger partial charge >= 0.3 is 0 Å². The van der Waals surface area contributed by atoms with Crippen LogP contribution in [0.3, 0.4) is 0 Å². The van der Waals surface area contributed by atoms with Crippen molar-refractivity contribution in [1.29, 1.82) is 0 Å². The fraction of sp³-hybridized carbons (Fsp3) is 0.368. The first-order valence-corrected chi connectivity index (χ1v) is 8.05. The van der Waals surface area contributed by atoms with Crippen LogP contribution in [0.15, 0.2) is 42.5 Å². The van der Waals surface area contributed by atoms with Gasteiger partial charge in [-0.05, 0) is 37.4 Å². The molecule has 0 bridgehead atoms. The maximum atomic E-state index is 12.8. The summed E-state index contributed by atoms with van der Waals surface area (Å²) in [7, 11) is 0. The number of aromatic nitrogens is 1. The Morgan fingerprint density at radius 2 is 1.88 bits per heavy atom. The number of carbonyl (C=O) groups is 1. The highest BCUT2D eigenvalue weighted by atomic mass is 35.5. The van der Waals surface area contributed by atoms with E-state index in [1.165, 1.54) is 0 Å². The molecule has 1 amide bonds. The van der Waals surface area contributed by atoms with Crippen molar-refractivity contribution in [3.63, 3.8) is 0 Å². The number of amides is 1. The van der Waals surface area contributed by atoms with Crippen LogP contribution in [-0.4, -0.2) is 35.4 Å². The summed E-state index contributed by atoms with van der Waals surface area (Å²) in [6.45, 7) is 6.15. The molecule has 0 radical (unpaired) electrons. The third kappa shape index (κ3) is 4.51. The Morgan fingerprint density at radius 3 is 2.44 bits per heavy atom. The van der Waals surface area contributed by atoms with Crippen LogP contribution in [0.5, 0.6) is 0 Å². The normalized spacial score (nSPS) is 19.1. The second kappa shape index (κ2) is 8.65. The summed E-state index contributed by atoms with van der Waals surface area (Å²) >= 11 is 0. The molecule has 25 heavy (non-hydrogen) atoms. The second-order valence-corrected chi connectivity index (χ2v) is 6.69. The second-order valence-electron chi connectivity index (χ2n) is 6.69. The van der Waals surface area contributed by atoms with E-state index in [2.05, 4.69) is 11.9 Å². The van der Waals surface area contributed by atoms with E-state index in [9.17, 15) is 4.79 Å². The lowest BCUT2D eigenvalue weighted by atomic mass is 9.90. The standard InChI is InChI=1S/C19H23N3O.2ClH/c1-14-16(18(23)22-11-10-19(2,12-20)13-22)8-9-17(21-14)15-6-4-3-5-7-15;;/h3-9H,10-13,20H2,1-2H3;2*1H. The summed E-state index contributed by atoms with van der Waals surface area (Å²) in [6, 6.07) is 13.8. The predicted molar refractivity (Wildman–Crippen MR) is 107 cm³/mol. The van der Waals surface area contributed by atoms with Gasteiger partial charge in [-0.25, -0.2) is 0 Å². The van der Waals surface area contributed by atoms with Gasteiger partial charge in [0.1, 0.15) is 0 Å². The van der Waals surface area contributed by atoms with Gasteiger partial charge in [0.2, 0.25) is 0 Å². The van der Waals surface area contributed by atoms with Crippen molar-refractivity contribution in [2.75, 3.05) is 19.6 Å². The van der Waals surface area contributed by atoms with Gasteiger partial charge in [0.05, 0.1) is 17.0 Å². The Bertz CT molecular complexity index is 724. The molecule has 2 N–H and O–H groups in total. The van der Waals surface area contributed by atoms with Crippen LogP contribution in [-0.2, 0) is 0 Å². The van der Waals surface area contributed by atoms with Crippen molar-refractivity contribution in [1.82, 2.24) is 9.88 Å². The summed E-state index contributed by atoms with van der Waals surface area (Å²) < 4.78 is 0. The average Bonchev–Trinajstić information content (AvgIpc) is 2.98. The Hall–Kier alpha value is -1.62. The molecule has 3 rings (SSSR count). The van der Waals surface area contributed by atoms with Gasteiger partial charge in [0, 0.05) is 18.7 Å². The van der Waals surface area contributed by atoms with Crippen molar-refractivity contribution >= 4 is 30.7 Å². The third-order valence-corrected chi connectivity index (χ3v) is 4.72. The van der Waals surface area contributed by atoms with Crippen LogP contribution in [0.25, 0.3) is 11.3 Å². The molecule has 1 aliphatic heterocycles. The zero-order valence-corrected chi connectivity index (χ0v) is 16.2. The SMILES string of the molecule is Cc1nc(-c2ccccc2)ccc1C(=O)N1CCC(C)(CN)C1.Cl.Cl. The van der Waals surface area contributed by atoms with Gasteiger partial charge in [0.15, 0.2) is 0 Å². The van der Waals surface area contributed by atoms with Crippen molar-refractivity contribution in [2.24, 2.45) is 11.1 Å². The summed E-state index contributed by atoms with van der Waals surface area (Å²) in [4.78, 5) is 19.3. The van der Waals surface area contributed by atoms with Gasteiger partial charge in [-0.3, -0.25) is 9.78 Å². The topological polar surface area (TPSA) is 59.2 Å². The molecule has 1 saturated heterocycles. The lowest BCUT2D eigenvalue weighted by Crippen LogP contribution is -2.34. The Labute approximate surface area is 161 Å². The van der Waals surface area contributed by atoms with Gasteiger partial charge in [0.25, 0.3) is 5.91 Å².